The highest BCUT2D eigenvalue weighted by atomic mass is 32.2. The molecule has 29 heavy (non-hydrogen) atoms. The summed E-state index contributed by atoms with van der Waals surface area (Å²) in [5, 5.41) is 2.78. The first-order chi connectivity index (χ1) is 13.6. The normalized spacial score (nSPS) is 12.2. The number of hydrogen-bond acceptors (Lipinski definition) is 5. The lowest BCUT2D eigenvalue weighted by Gasteiger charge is -2.25. The number of amides is 1. The number of anilines is 1. The maximum absolute atomic E-state index is 12.5. The SMILES string of the molecule is COc1ccc(OC[C@@H](C)NC(=O)CN(c2cc(C)ccc2C)S(C)(=O)=O)cc1. The van der Waals surface area contributed by atoms with Crippen molar-refractivity contribution in [1.29, 1.82) is 0 Å². The number of rotatable bonds is 9. The van der Waals surface area contributed by atoms with Crippen molar-refractivity contribution in [2.24, 2.45) is 0 Å². The molecule has 1 atom stereocenters. The van der Waals surface area contributed by atoms with Crippen molar-refractivity contribution in [2.75, 3.05) is 30.8 Å². The van der Waals surface area contributed by atoms with E-state index >= 15 is 0 Å². The summed E-state index contributed by atoms with van der Waals surface area (Å²) in [6.07, 6.45) is 1.10. The molecule has 0 aliphatic heterocycles. The Hall–Kier alpha value is -2.74. The summed E-state index contributed by atoms with van der Waals surface area (Å²) in [6, 6.07) is 12.3. The minimum absolute atomic E-state index is 0.250. The van der Waals surface area contributed by atoms with Crippen molar-refractivity contribution in [3.05, 3.63) is 53.6 Å². The average molecular weight is 421 g/mol. The highest BCUT2D eigenvalue weighted by molar-refractivity contribution is 7.92. The van der Waals surface area contributed by atoms with Crippen molar-refractivity contribution < 1.29 is 22.7 Å². The van der Waals surface area contributed by atoms with Crippen LogP contribution in [0, 0.1) is 13.8 Å². The second kappa shape index (κ2) is 9.65. The highest BCUT2D eigenvalue weighted by Gasteiger charge is 2.23. The van der Waals surface area contributed by atoms with Gasteiger partial charge in [0.1, 0.15) is 24.7 Å². The Kier molecular flexibility index (Phi) is 7.50. The van der Waals surface area contributed by atoms with Gasteiger partial charge in [0, 0.05) is 0 Å². The zero-order valence-corrected chi connectivity index (χ0v) is 18.2. The quantitative estimate of drug-likeness (QED) is 0.674. The second-order valence-corrected chi connectivity index (χ2v) is 8.92. The van der Waals surface area contributed by atoms with Crippen LogP contribution in [0.25, 0.3) is 0 Å². The minimum Gasteiger partial charge on any atom is -0.497 e. The molecule has 7 nitrogen and oxygen atoms in total. The van der Waals surface area contributed by atoms with Crippen LogP contribution in [0.3, 0.4) is 0 Å². The van der Waals surface area contributed by atoms with Crippen LogP contribution in [0.15, 0.2) is 42.5 Å². The third-order valence-electron chi connectivity index (χ3n) is 4.29. The molecule has 0 radical (unpaired) electrons. The molecule has 8 heteroatoms. The van der Waals surface area contributed by atoms with Crippen molar-refractivity contribution in [3.63, 3.8) is 0 Å². The lowest BCUT2D eigenvalue weighted by atomic mass is 10.1. The monoisotopic (exact) mass is 420 g/mol. The zero-order chi connectivity index (χ0) is 21.6. The number of carbonyl (C=O) groups is 1. The van der Waals surface area contributed by atoms with E-state index in [1.165, 1.54) is 0 Å². The van der Waals surface area contributed by atoms with Crippen LogP contribution in [0.4, 0.5) is 5.69 Å². The van der Waals surface area contributed by atoms with Crippen LogP contribution in [0.1, 0.15) is 18.1 Å². The van der Waals surface area contributed by atoms with Gasteiger partial charge in [-0.15, -0.1) is 0 Å². The van der Waals surface area contributed by atoms with Crippen molar-refractivity contribution in [1.82, 2.24) is 5.32 Å². The summed E-state index contributed by atoms with van der Waals surface area (Å²) < 4.78 is 36.5. The van der Waals surface area contributed by atoms with Gasteiger partial charge in [-0.25, -0.2) is 8.42 Å². The van der Waals surface area contributed by atoms with Gasteiger partial charge >= 0.3 is 0 Å². The van der Waals surface area contributed by atoms with Gasteiger partial charge in [0.15, 0.2) is 0 Å². The smallest absolute Gasteiger partial charge is 0.241 e. The number of sulfonamides is 1. The van der Waals surface area contributed by atoms with Crippen LogP contribution in [-0.4, -0.2) is 46.9 Å². The molecule has 158 valence electrons. The van der Waals surface area contributed by atoms with Crippen LogP contribution < -0.4 is 19.1 Å². The van der Waals surface area contributed by atoms with Gasteiger partial charge in [-0.2, -0.15) is 0 Å². The van der Waals surface area contributed by atoms with Crippen LogP contribution >= 0.6 is 0 Å². The fourth-order valence-electron chi connectivity index (χ4n) is 2.75. The summed E-state index contributed by atoms with van der Waals surface area (Å²) in [7, 11) is -2.03. The predicted octanol–water partition coefficient (Wildman–Crippen LogP) is 2.66. The standard InChI is InChI=1S/C21H28N2O5S/c1-15-6-7-16(2)20(12-15)23(29(5,25)26)13-21(24)22-17(3)14-28-19-10-8-18(27-4)9-11-19/h6-12,17H,13-14H2,1-5H3,(H,22,24)/t17-/m1/s1. The maximum Gasteiger partial charge on any atom is 0.241 e. The maximum atomic E-state index is 12.5. The molecule has 0 saturated carbocycles. The second-order valence-electron chi connectivity index (χ2n) is 7.01. The fraction of sp³-hybridized carbons (Fsp3) is 0.381. The Morgan fingerprint density at radius 1 is 1.10 bits per heavy atom. The Morgan fingerprint density at radius 3 is 2.31 bits per heavy atom. The Bertz CT molecular complexity index is 942. The van der Waals surface area contributed by atoms with E-state index in [1.54, 1.807) is 44.4 Å². The summed E-state index contributed by atoms with van der Waals surface area (Å²) in [6.45, 7) is 5.44. The van der Waals surface area contributed by atoms with Crippen LogP contribution in [0.5, 0.6) is 11.5 Å². The number of nitrogens with zero attached hydrogens (tertiary/aromatic N) is 1. The van der Waals surface area contributed by atoms with E-state index in [9.17, 15) is 13.2 Å². The minimum atomic E-state index is -3.62. The first-order valence-corrected chi connectivity index (χ1v) is 11.1. The molecule has 0 heterocycles. The molecule has 0 spiro atoms. The first-order valence-electron chi connectivity index (χ1n) is 9.21. The molecule has 0 aromatic heterocycles. The Morgan fingerprint density at radius 2 is 1.72 bits per heavy atom. The number of benzene rings is 2. The molecule has 0 aliphatic rings. The van der Waals surface area contributed by atoms with Gasteiger partial charge in [-0.3, -0.25) is 9.10 Å². The molecule has 0 fully saturated rings. The van der Waals surface area contributed by atoms with Gasteiger partial charge in [0.05, 0.1) is 25.1 Å². The van der Waals surface area contributed by atoms with E-state index in [1.807, 2.05) is 26.0 Å². The van der Waals surface area contributed by atoms with E-state index in [4.69, 9.17) is 9.47 Å². The van der Waals surface area contributed by atoms with Gasteiger partial charge in [-0.1, -0.05) is 12.1 Å². The van der Waals surface area contributed by atoms with E-state index in [2.05, 4.69) is 5.32 Å². The lowest BCUT2D eigenvalue weighted by Crippen LogP contribution is -2.45. The number of aryl methyl sites for hydroxylation is 2. The van der Waals surface area contributed by atoms with E-state index < -0.39 is 15.9 Å². The largest absolute Gasteiger partial charge is 0.497 e. The van der Waals surface area contributed by atoms with E-state index in [0.29, 0.717) is 11.4 Å². The van der Waals surface area contributed by atoms with Gasteiger partial charge < -0.3 is 14.8 Å². The molecule has 1 N–H and O–H groups in total. The molecule has 2 rings (SSSR count). The molecule has 0 unspecified atom stereocenters. The van der Waals surface area contributed by atoms with Gasteiger partial charge in [0.25, 0.3) is 0 Å². The van der Waals surface area contributed by atoms with E-state index in [0.717, 1.165) is 27.4 Å². The molecular formula is C21H28N2O5S. The summed E-state index contributed by atoms with van der Waals surface area (Å²) in [4.78, 5) is 12.5. The van der Waals surface area contributed by atoms with Crippen molar-refractivity contribution in [3.8, 4) is 11.5 Å². The molecule has 0 aliphatic carbocycles. The number of methoxy groups -OCH3 is 1. The summed E-state index contributed by atoms with van der Waals surface area (Å²) in [5.74, 6) is 0.980. The molecule has 1 amide bonds. The third-order valence-corrected chi connectivity index (χ3v) is 5.41. The van der Waals surface area contributed by atoms with Crippen LogP contribution in [-0.2, 0) is 14.8 Å². The van der Waals surface area contributed by atoms with Crippen molar-refractivity contribution >= 4 is 21.6 Å². The summed E-state index contributed by atoms with van der Waals surface area (Å²) >= 11 is 0. The highest BCUT2D eigenvalue weighted by Crippen LogP contribution is 2.23. The van der Waals surface area contributed by atoms with E-state index in [-0.39, 0.29) is 19.2 Å². The first kappa shape index (κ1) is 22.5. The summed E-state index contributed by atoms with van der Waals surface area (Å²) in [5.41, 5.74) is 2.20. The van der Waals surface area contributed by atoms with Gasteiger partial charge in [0.2, 0.25) is 15.9 Å². The third kappa shape index (κ3) is 6.67. The molecule has 2 aromatic rings. The molecule has 2 aromatic carbocycles. The number of hydrogen-bond donors (Lipinski definition) is 1. The average Bonchev–Trinajstić information content (AvgIpc) is 2.66. The number of nitrogens with one attached hydrogen (secondary N) is 1. The van der Waals surface area contributed by atoms with Crippen molar-refractivity contribution in [2.45, 2.75) is 26.8 Å². The fourth-order valence-corrected chi connectivity index (χ4v) is 3.66. The Labute approximate surface area is 172 Å². The zero-order valence-electron chi connectivity index (χ0n) is 17.4. The number of ether oxygens (including phenoxy) is 2. The lowest BCUT2D eigenvalue weighted by molar-refractivity contribution is -0.120. The molecule has 0 bridgehead atoms. The van der Waals surface area contributed by atoms with Crippen LogP contribution in [0.2, 0.25) is 0 Å². The topological polar surface area (TPSA) is 84.9 Å². The molecule has 0 saturated heterocycles. The van der Waals surface area contributed by atoms with Gasteiger partial charge in [-0.05, 0) is 62.2 Å². The molecular weight excluding hydrogens is 392 g/mol. The number of carbonyl (C=O) groups excluding carboxylic acids is 1. The predicted molar refractivity (Wildman–Crippen MR) is 114 cm³/mol. The Balaban J connectivity index is 1.99.